The zero-order valence-corrected chi connectivity index (χ0v) is 23.9. The highest BCUT2D eigenvalue weighted by Gasteiger charge is 2.28. The number of allylic oxidation sites excluding steroid dienone is 6. The Labute approximate surface area is 229 Å². The second-order valence-electron chi connectivity index (χ2n) is 10.2. The molecule has 1 aromatic heterocycles. The quantitative estimate of drug-likeness (QED) is 0.332. The third-order valence-electron chi connectivity index (χ3n) is 6.70. The van der Waals surface area contributed by atoms with Crippen LogP contribution in [0, 0.1) is 5.92 Å². The molecule has 2 aliphatic heterocycles. The highest BCUT2D eigenvalue weighted by molar-refractivity contribution is 8.15. The molecule has 0 aromatic carbocycles. The van der Waals surface area contributed by atoms with E-state index in [2.05, 4.69) is 41.6 Å². The molecule has 0 spiro atoms. The molecule has 4 rings (SSSR count). The van der Waals surface area contributed by atoms with E-state index in [-0.39, 0.29) is 11.8 Å². The first-order valence-electron chi connectivity index (χ1n) is 13.1. The summed E-state index contributed by atoms with van der Waals surface area (Å²) in [6.45, 7) is 9.46. The van der Waals surface area contributed by atoms with Crippen LogP contribution in [0.25, 0.3) is 5.57 Å². The summed E-state index contributed by atoms with van der Waals surface area (Å²) in [6.07, 6.45) is 12.1. The number of carbonyl (C=O) groups is 1. The monoisotopic (exact) mass is 540 g/mol. The number of ketones is 1. The standard InChI is InChI=1S/C29H37ClN4O2S/c1-17(2)15-31-20-9-11-23-26(12-10-20)37-28(34-23)8-6-7-24(35)29-19(4)33-18(3)13-22(29)21-14-27(30)32-16-25(21)36-5/h9,11,13-14,16-17,19,26,31,33H,6-8,10,12,15H2,1-5H3. The molecule has 1 aromatic rings. The van der Waals surface area contributed by atoms with Crippen LogP contribution in [0.1, 0.15) is 65.4 Å². The number of pyridine rings is 1. The minimum atomic E-state index is -0.107. The van der Waals surface area contributed by atoms with Crippen LogP contribution in [-0.2, 0) is 4.79 Å². The summed E-state index contributed by atoms with van der Waals surface area (Å²) in [4.78, 5) is 22.6. The summed E-state index contributed by atoms with van der Waals surface area (Å²) in [5.41, 5.74) is 5.85. The number of halogens is 1. The second-order valence-corrected chi connectivity index (χ2v) is 11.9. The number of methoxy groups -OCH3 is 1. The highest BCUT2D eigenvalue weighted by Crippen LogP contribution is 2.38. The molecule has 2 atom stereocenters. The number of Topliss-reactive ketones (excluding diaryl/α,β-unsaturated/α-hetero) is 1. The molecule has 198 valence electrons. The van der Waals surface area contributed by atoms with E-state index in [9.17, 15) is 4.79 Å². The summed E-state index contributed by atoms with van der Waals surface area (Å²) in [7, 11) is 1.60. The SMILES string of the molecule is COc1cnc(Cl)cc1C1=C(C(=O)CCCC2=NC3=CC=C(NCC(C)C)CCC3S2)C(C)NC(C)=C1. The van der Waals surface area contributed by atoms with Crippen LogP contribution in [0.3, 0.4) is 0 Å². The van der Waals surface area contributed by atoms with E-state index in [1.165, 1.54) is 5.70 Å². The predicted octanol–water partition coefficient (Wildman–Crippen LogP) is 6.45. The van der Waals surface area contributed by atoms with Gasteiger partial charge >= 0.3 is 0 Å². The molecular weight excluding hydrogens is 504 g/mol. The van der Waals surface area contributed by atoms with Gasteiger partial charge in [0.05, 0.1) is 35.3 Å². The van der Waals surface area contributed by atoms with Crippen molar-refractivity contribution in [1.29, 1.82) is 0 Å². The van der Waals surface area contributed by atoms with E-state index >= 15 is 0 Å². The van der Waals surface area contributed by atoms with Crippen molar-refractivity contribution >= 4 is 39.8 Å². The number of rotatable bonds is 10. The number of nitrogens with zero attached hydrogens (tertiary/aromatic N) is 2. The summed E-state index contributed by atoms with van der Waals surface area (Å²) in [6, 6.07) is 1.66. The smallest absolute Gasteiger partial charge is 0.161 e. The Hall–Kier alpha value is -2.51. The Balaban J connectivity index is 1.44. The second kappa shape index (κ2) is 12.4. The van der Waals surface area contributed by atoms with Gasteiger partial charge in [0.15, 0.2) is 5.78 Å². The van der Waals surface area contributed by atoms with Gasteiger partial charge in [-0.2, -0.15) is 0 Å². The Morgan fingerprint density at radius 2 is 2.16 bits per heavy atom. The molecule has 0 bridgehead atoms. The number of aliphatic imine (C=N–C) groups is 1. The number of thioether (sulfide) groups is 1. The minimum absolute atomic E-state index is 0.107. The first-order chi connectivity index (χ1) is 17.7. The molecule has 37 heavy (non-hydrogen) atoms. The Morgan fingerprint density at radius 1 is 1.35 bits per heavy atom. The average Bonchev–Trinajstić information content (AvgIpc) is 3.14. The van der Waals surface area contributed by atoms with Crippen molar-refractivity contribution in [2.45, 2.75) is 71.1 Å². The number of hydrogen-bond donors (Lipinski definition) is 2. The van der Waals surface area contributed by atoms with Crippen LogP contribution in [-0.4, -0.2) is 40.8 Å². The van der Waals surface area contributed by atoms with Gasteiger partial charge in [0, 0.05) is 35.5 Å². The first kappa shape index (κ1) is 27.5. The first-order valence-corrected chi connectivity index (χ1v) is 14.3. The summed E-state index contributed by atoms with van der Waals surface area (Å²) in [5.74, 6) is 1.36. The van der Waals surface area contributed by atoms with Crippen molar-refractivity contribution in [3.8, 4) is 5.75 Å². The van der Waals surface area contributed by atoms with Gasteiger partial charge in [0.25, 0.3) is 0 Å². The van der Waals surface area contributed by atoms with E-state index < -0.39 is 0 Å². The number of dihydropyridines is 1. The van der Waals surface area contributed by atoms with E-state index in [4.69, 9.17) is 21.3 Å². The number of fused-ring (bicyclic) bond motifs is 1. The maximum Gasteiger partial charge on any atom is 0.161 e. The highest BCUT2D eigenvalue weighted by atomic mass is 35.5. The molecule has 6 nitrogen and oxygen atoms in total. The van der Waals surface area contributed by atoms with Gasteiger partial charge in [-0.15, -0.1) is 11.8 Å². The topological polar surface area (TPSA) is 75.6 Å². The normalized spacial score (nSPS) is 21.4. The molecule has 3 heterocycles. The molecule has 0 radical (unpaired) electrons. The third kappa shape index (κ3) is 6.88. The molecule has 2 N–H and O–H groups in total. The lowest BCUT2D eigenvalue weighted by Crippen LogP contribution is -2.33. The molecule has 0 amide bonds. The maximum absolute atomic E-state index is 13.5. The predicted molar refractivity (Wildman–Crippen MR) is 155 cm³/mol. The molecule has 0 saturated heterocycles. The van der Waals surface area contributed by atoms with Crippen molar-refractivity contribution in [2.75, 3.05) is 13.7 Å². The molecule has 2 unspecified atom stereocenters. The van der Waals surface area contributed by atoms with Gasteiger partial charge in [-0.05, 0) is 75.3 Å². The van der Waals surface area contributed by atoms with E-state index in [0.717, 1.165) is 65.4 Å². The van der Waals surface area contributed by atoms with Gasteiger partial charge in [-0.25, -0.2) is 9.98 Å². The molecule has 3 aliphatic rings. The number of hydrogen-bond acceptors (Lipinski definition) is 7. The Bertz CT molecular complexity index is 1200. The molecule has 8 heteroatoms. The average molecular weight is 541 g/mol. The van der Waals surface area contributed by atoms with Crippen LogP contribution in [0.15, 0.2) is 58.1 Å². The molecule has 0 saturated carbocycles. The van der Waals surface area contributed by atoms with Crippen molar-refractivity contribution in [3.63, 3.8) is 0 Å². The minimum Gasteiger partial charge on any atom is -0.494 e. The molecule has 0 fully saturated rings. The Kier molecular flexibility index (Phi) is 9.19. The summed E-state index contributed by atoms with van der Waals surface area (Å²) < 4.78 is 5.54. The van der Waals surface area contributed by atoms with Crippen molar-refractivity contribution in [3.05, 3.63) is 63.9 Å². The van der Waals surface area contributed by atoms with Crippen LogP contribution in [0.5, 0.6) is 5.75 Å². The largest absolute Gasteiger partial charge is 0.494 e. The number of carbonyl (C=O) groups excluding carboxylic acids is 1. The van der Waals surface area contributed by atoms with E-state index in [0.29, 0.717) is 28.5 Å². The van der Waals surface area contributed by atoms with Crippen molar-refractivity contribution in [1.82, 2.24) is 15.6 Å². The molecular formula is C29H37ClN4O2S. The van der Waals surface area contributed by atoms with E-state index in [1.807, 2.05) is 31.7 Å². The lowest BCUT2D eigenvalue weighted by Gasteiger charge is -2.27. The fraction of sp³-hybridized carbons (Fsp3) is 0.483. The number of aromatic nitrogens is 1. The van der Waals surface area contributed by atoms with Crippen LogP contribution >= 0.6 is 23.4 Å². The van der Waals surface area contributed by atoms with Gasteiger partial charge < -0.3 is 15.4 Å². The van der Waals surface area contributed by atoms with E-state index in [1.54, 1.807) is 19.4 Å². The lowest BCUT2D eigenvalue weighted by molar-refractivity contribution is -0.115. The van der Waals surface area contributed by atoms with Crippen LogP contribution in [0.4, 0.5) is 0 Å². The third-order valence-corrected chi connectivity index (χ3v) is 8.23. The summed E-state index contributed by atoms with van der Waals surface area (Å²) >= 11 is 8.07. The zero-order valence-electron chi connectivity index (χ0n) is 22.4. The fourth-order valence-corrected chi connectivity index (χ4v) is 6.29. The van der Waals surface area contributed by atoms with Crippen molar-refractivity contribution < 1.29 is 9.53 Å². The lowest BCUT2D eigenvalue weighted by atomic mass is 9.87. The summed E-state index contributed by atoms with van der Waals surface area (Å²) in [5, 5.41) is 8.88. The van der Waals surface area contributed by atoms with Crippen LogP contribution in [0.2, 0.25) is 5.15 Å². The van der Waals surface area contributed by atoms with Gasteiger partial charge in [0.1, 0.15) is 10.9 Å². The fourth-order valence-electron chi connectivity index (χ4n) is 4.89. The Morgan fingerprint density at radius 3 is 2.92 bits per heavy atom. The van der Waals surface area contributed by atoms with Gasteiger partial charge in [-0.1, -0.05) is 25.4 Å². The number of nitrogens with one attached hydrogen (secondary N) is 2. The molecule has 1 aliphatic carbocycles. The van der Waals surface area contributed by atoms with Crippen molar-refractivity contribution in [2.24, 2.45) is 10.9 Å². The number of ether oxygens (including phenoxy) is 1. The maximum atomic E-state index is 13.5. The zero-order chi connectivity index (χ0) is 26.5. The van der Waals surface area contributed by atoms with Gasteiger partial charge in [-0.3, -0.25) is 4.79 Å². The van der Waals surface area contributed by atoms with Gasteiger partial charge in [0.2, 0.25) is 0 Å². The van der Waals surface area contributed by atoms with Crippen LogP contribution < -0.4 is 15.4 Å².